The SMILES string of the molecule is CC12C(=O)N(c3ccc(F)c(Cl)c3)C(=O)C1CC1C(=CCC3C(=O)N(c4ccc(Nc5ccccc5)cc4)C(=O)C31)C2c1c(O)ccc2ccccc12. The van der Waals surface area contributed by atoms with Crippen molar-refractivity contribution in [3.63, 3.8) is 0 Å². The molecule has 264 valence electrons. The lowest BCUT2D eigenvalue weighted by molar-refractivity contribution is -0.131. The van der Waals surface area contributed by atoms with E-state index in [1.54, 1.807) is 31.2 Å². The second-order valence-electron chi connectivity index (χ2n) is 14.5. The van der Waals surface area contributed by atoms with Crippen LogP contribution in [0, 0.1) is 34.9 Å². The normalized spacial score (nSPS) is 26.4. The molecule has 6 unspecified atom stereocenters. The minimum absolute atomic E-state index is 0.0412. The van der Waals surface area contributed by atoms with E-state index in [4.69, 9.17) is 11.6 Å². The van der Waals surface area contributed by atoms with Crippen LogP contribution < -0.4 is 15.1 Å². The third-order valence-electron chi connectivity index (χ3n) is 11.9. The van der Waals surface area contributed by atoms with E-state index in [-0.39, 0.29) is 41.1 Å². The van der Waals surface area contributed by atoms with Crippen molar-refractivity contribution in [3.8, 4) is 5.75 Å². The molecule has 3 fully saturated rings. The van der Waals surface area contributed by atoms with Crippen LogP contribution in [0.3, 0.4) is 0 Å². The van der Waals surface area contributed by atoms with Gasteiger partial charge in [0.1, 0.15) is 11.6 Å². The minimum atomic E-state index is -1.40. The number of amides is 4. The van der Waals surface area contributed by atoms with Crippen molar-refractivity contribution in [2.24, 2.45) is 29.1 Å². The van der Waals surface area contributed by atoms with E-state index in [1.807, 2.05) is 72.8 Å². The van der Waals surface area contributed by atoms with Gasteiger partial charge in [0.25, 0.3) is 0 Å². The summed E-state index contributed by atoms with van der Waals surface area (Å²) in [5.74, 6) is -6.18. The molecule has 2 heterocycles. The number of nitrogens with one attached hydrogen (secondary N) is 1. The zero-order valence-electron chi connectivity index (χ0n) is 28.5. The van der Waals surface area contributed by atoms with Crippen molar-refractivity contribution in [3.05, 3.63) is 137 Å². The minimum Gasteiger partial charge on any atom is -0.508 e. The van der Waals surface area contributed by atoms with Crippen molar-refractivity contribution in [2.75, 3.05) is 15.1 Å². The zero-order chi connectivity index (χ0) is 36.8. The number of nitrogens with zero attached hydrogens (tertiary/aromatic N) is 2. The maximum atomic E-state index is 14.8. The van der Waals surface area contributed by atoms with Gasteiger partial charge in [0, 0.05) is 22.9 Å². The summed E-state index contributed by atoms with van der Waals surface area (Å²) in [6.45, 7) is 1.75. The second kappa shape index (κ2) is 12.1. The summed E-state index contributed by atoms with van der Waals surface area (Å²) in [5.41, 5.74) is 2.12. The third kappa shape index (κ3) is 4.87. The molecule has 5 aromatic carbocycles. The Labute approximate surface area is 309 Å². The first-order valence-corrected chi connectivity index (χ1v) is 18.0. The van der Waals surface area contributed by atoms with Crippen molar-refractivity contribution in [1.82, 2.24) is 0 Å². The van der Waals surface area contributed by atoms with Crippen LogP contribution in [-0.2, 0) is 19.2 Å². The highest BCUT2D eigenvalue weighted by Crippen LogP contribution is 2.65. The number of hydrogen-bond acceptors (Lipinski definition) is 6. The number of carbonyl (C=O) groups is 4. The summed E-state index contributed by atoms with van der Waals surface area (Å²) in [4.78, 5) is 60.4. The lowest BCUT2D eigenvalue weighted by Gasteiger charge is -2.49. The molecule has 4 aliphatic rings. The maximum absolute atomic E-state index is 14.8. The van der Waals surface area contributed by atoms with Gasteiger partial charge in [0.05, 0.1) is 39.6 Å². The van der Waals surface area contributed by atoms with E-state index in [2.05, 4.69) is 5.32 Å². The molecule has 8 nitrogen and oxygen atoms in total. The van der Waals surface area contributed by atoms with Gasteiger partial charge >= 0.3 is 0 Å². The monoisotopic (exact) mass is 725 g/mol. The molecule has 6 atom stereocenters. The Morgan fingerprint density at radius 2 is 1.47 bits per heavy atom. The quantitative estimate of drug-likeness (QED) is 0.139. The number of aromatic hydroxyl groups is 1. The van der Waals surface area contributed by atoms with Gasteiger partial charge in [-0.3, -0.25) is 24.1 Å². The van der Waals surface area contributed by atoms with Crippen LogP contribution in [-0.4, -0.2) is 28.7 Å². The summed E-state index contributed by atoms with van der Waals surface area (Å²) in [6.07, 6.45) is 2.34. The summed E-state index contributed by atoms with van der Waals surface area (Å²) in [5, 5.41) is 16.3. The first kappa shape index (κ1) is 33.1. The number of benzene rings is 5. The average molecular weight is 726 g/mol. The molecule has 0 spiro atoms. The van der Waals surface area contributed by atoms with Crippen LogP contribution in [0.5, 0.6) is 5.75 Å². The van der Waals surface area contributed by atoms with Gasteiger partial charge in [0.2, 0.25) is 23.6 Å². The van der Waals surface area contributed by atoms with Crippen molar-refractivity contribution < 1.29 is 28.7 Å². The summed E-state index contributed by atoms with van der Waals surface area (Å²) in [6, 6.07) is 31.4. The Hall–Kier alpha value is -5.80. The summed E-state index contributed by atoms with van der Waals surface area (Å²) in [7, 11) is 0. The molecule has 5 aromatic rings. The molecule has 2 N–H and O–H groups in total. The lowest BCUT2D eigenvalue weighted by atomic mass is 9.51. The molecule has 9 rings (SSSR count). The smallest absolute Gasteiger partial charge is 0.241 e. The van der Waals surface area contributed by atoms with Gasteiger partial charge in [0.15, 0.2) is 0 Å². The van der Waals surface area contributed by atoms with E-state index in [1.165, 1.54) is 17.0 Å². The van der Waals surface area contributed by atoms with Crippen molar-refractivity contribution in [2.45, 2.75) is 25.7 Å². The Morgan fingerprint density at radius 3 is 2.23 bits per heavy atom. The van der Waals surface area contributed by atoms with Gasteiger partial charge in [-0.2, -0.15) is 0 Å². The molecule has 1 saturated carbocycles. The summed E-state index contributed by atoms with van der Waals surface area (Å²) >= 11 is 6.14. The van der Waals surface area contributed by atoms with Crippen LogP contribution in [0.1, 0.15) is 31.2 Å². The molecule has 2 saturated heterocycles. The third-order valence-corrected chi connectivity index (χ3v) is 12.2. The molecular weight excluding hydrogens is 693 g/mol. The number of allylic oxidation sites excluding steroid dienone is 2. The van der Waals surface area contributed by atoms with E-state index >= 15 is 0 Å². The first-order chi connectivity index (χ1) is 25.6. The largest absolute Gasteiger partial charge is 0.508 e. The number of imide groups is 2. The molecule has 0 aromatic heterocycles. The molecular formula is C43H33ClFN3O5. The predicted molar refractivity (Wildman–Crippen MR) is 200 cm³/mol. The number of phenolic OH excluding ortho intramolecular Hbond substituents is 1. The fraction of sp³-hybridized carbons (Fsp3) is 0.209. The van der Waals surface area contributed by atoms with E-state index in [0.717, 1.165) is 33.3 Å². The average Bonchev–Trinajstić information content (AvgIpc) is 3.53. The standard InChI is InChI=1S/C43H33ClFN3O5/c1-43-32(40(51)48(42(43)53)27-16-19-34(45)33(44)21-27)22-31-29(38(43)37-28-10-6-5-7-23(28)11-20-35(37)49)17-18-30-36(31)41(52)47(39(30)50)26-14-12-25(13-15-26)46-24-8-3-2-4-9-24/h2-17,19-21,30-32,36,38,46,49H,18,22H2,1H3. The van der Waals surface area contributed by atoms with Crippen LogP contribution in [0.2, 0.25) is 5.02 Å². The Bertz CT molecular complexity index is 2420. The maximum Gasteiger partial charge on any atom is 0.241 e. The first-order valence-electron chi connectivity index (χ1n) is 17.6. The highest BCUT2D eigenvalue weighted by Gasteiger charge is 2.68. The number of para-hydroxylation sites is 1. The van der Waals surface area contributed by atoms with Crippen LogP contribution in [0.15, 0.2) is 121 Å². The number of fused-ring (bicyclic) bond motifs is 5. The number of phenols is 1. The van der Waals surface area contributed by atoms with E-state index < -0.39 is 52.6 Å². The van der Waals surface area contributed by atoms with Gasteiger partial charge in [-0.05, 0) is 97.1 Å². The Morgan fingerprint density at radius 1 is 0.774 bits per heavy atom. The molecule has 4 amide bonds. The van der Waals surface area contributed by atoms with Gasteiger partial charge < -0.3 is 10.4 Å². The highest BCUT2D eigenvalue weighted by atomic mass is 35.5. The number of halogens is 2. The number of anilines is 4. The van der Waals surface area contributed by atoms with Crippen molar-refractivity contribution in [1.29, 1.82) is 0 Å². The van der Waals surface area contributed by atoms with Crippen LogP contribution in [0.4, 0.5) is 27.1 Å². The number of hydrogen-bond donors (Lipinski definition) is 2. The van der Waals surface area contributed by atoms with Gasteiger partial charge in [-0.25, -0.2) is 9.29 Å². The van der Waals surface area contributed by atoms with Crippen molar-refractivity contribution >= 4 is 68.8 Å². The molecule has 2 aliphatic carbocycles. The number of rotatable bonds is 5. The predicted octanol–water partition coefficient (Wildman–Crippen LogP) is 8.52. The highest BCUT2D eigenvalue weighted by molar-refractivity contribution is 6.32. The second-order valence-corrected chi connectivity index (χ2v) is 14.9. The molecule has 2 aliphatic heterocycles. The molecule has 0 bridgehead atoms. The van der Waals surface area contributed by atoms with E-state index in [9.17, 15) is 28.7 Å². The van der Waals surface area contributed by atoms with Crippen LogP contribution >= 0.6 is 11.6 Å². The molecule has 10 heteroatoms. The fourth-order valence-electron chi connectivity index (χ4n) is 9.42. The topological polar surface area (TPSA) is 107 Å². The van der Waals surface area contributed by atoms with E-state index in [0.29, 0.717) is 16.6 Å². The van der Waals surface area contributed by atoms with Gasteiger partial charge in [-0.15, -0.1) is 0 Å². The molecule has 53 heavy (non-hydrogen) atoms. The molecule has 0 radical (unpaired) electrons. The number of carbonyl (C=O) groups excluding carboxylic acids is 4. The lowest BCUT2D eigenvalue weighted by Crippen LogP contribution is -2.49. The summed E-state index contributed by atoms with van der Waals surface area (Å²) < 4.78 is 14.3. The zero-order valence-corrected chi connectivity index (χ0v) is 29.3. The van der Waals surface area contributed by atoms with Gasteiger partial charge in [-0.1, -0.05) is 71.8 Å². The Kier molecular flexibility index (Phi) is 7.57. The fourth-order valence-corrected chi connectivity index (χ4v) is 9.59. The Balaban J connectivity index is 1.15. The van der Waals surface area contributed by atoms with Crippen LogP contribution in [0.25, 0.3) is 10.8 Å².